The van der Waals surface area contributed by atoms with Crippen molar-refractivity contribution in [3.8, 4) is 0 Å². The minimum absolute atomic E-state index is 0. The molecule has 0 fully saturated rings. The van der Waals surface area contributed by atoms with E-state index in [0.717, 1.165) is 38.3 Å². The molecule has 130 valence electrons. The fraction of sp³-hybridized carbons (Fsp3) is 0.611. The molecule has 1 aromatic carbocycles. The van der Waals surface area contributed by atoms with E-state index >= 15 is 0 Å². The zero-order valence-electron chi connectivity index (χ0n) is 14.5. The second kappa shape index (κ2) is 10.9. The van der Waals surface area contributed by atoms with E-state index in [9.17, 15) is 0 Å². The van der Waals surface area contributed by atoms with Gasteiger partial charge in [0.2, 0.25) is 0 Å². The summed E-state index contributed by atoms with van der Waals surface area (Å²) >= 11 is 0. The fourth-order valence-electron chi connectivity index (χ4n) is 3.13. The lowest BCUT2D eigenvalue weighted by molar-refractivity contribution is 0.297. The highest BCUT2D eigenvalue weighted by atomic mass is 127. The Labute approximate surface area is 157 Å². The van der Waals surface area contributed by atoms with Crippen molar-refractivity contribution in [2.75, 3.05) is 31.5 Å². The third kappa shape index (κ3) is 6.30. The molecule has 0 amide bonds. The molecule has 0 saturated carbocycles. The molecule has 0 atom stereocenters. The van der Waals surface area contributed by atoms with E-state index in [2.05, 4.69) is 47.3 Å². The van der Waals surface area contributed by atoms with Gasteiger partial charge < -0.3 is 16.0 Å². The van der Waals surface area contributed by atoms with Crippen molar-refractivity contribution in [3.05, 3.63) is 29.3 Å². The van der Waals surface area contributed by atoms with E-state index < -0.39 is 0 Å². The van der Waals surface area contributed by atoms with Gasteiger partial charge in [0, 0.05) is 12.2 Å². The Morgan fingerprint density at radius 2 is 2.00 bits per heavy atom. The zero-order chi connectivity index (χ0) is 15.8. The summed E-state index contributed by atoms with van der Waals surface area (Å²) in [5, 5.41) is 3.30. The van der Waals surface area contributed by atoms with Crippen molar-refractivity contribution >= 4 is 35.6 Å². The smallest absolute Gasteiger partial charge is 0.193 e. The first-order valence-corrected chi connectivity index (χ1v) is 8.64. The predicted molar refractivity (Wildman–Crippen MR) is 111 cm³/mol. The molecule has 1 aliphatic carbocycles. The first kappa shape index (κ1) is 20.2. The number of nitrogens with two attached hydrogens (primary N) is 1. The molecule has 0 saturated heterocycles. The molecule has 2 rings (SSSR count). The van der Waals surface area contributed by atoms with Gasteiger partial charge in [-0.3, -0.25) is 4.99 Å². The molecule has 4 nitrogen and oxygen atoms in total. The normalized spacial score (nSPS) is 14.3. The lowest BCUT2D eigenvalue weighted by Gasteiger charge is -2.20. The monoisotopic (exact) mass is 430 g/mol. The van der Waals surface area contributed by atoms with Crippen molar-refractivity contribution in [2.45, 2.75) is 46.0 Å². The molecule has 0 heterocycles. The number of benzene rings is 1. The summed E-state index contributed by atoms with van der Waals surface area (Å²) in [5.74, 6) is 0.534. The van der Waals surface area contributed by atoms with Crippen molar-refractivity contribution in [2.24, 2.45) is 10.7 Å². The largest absolute Gasteiger partial charge is 0.370 e. The summed E-state index contributed by atoms with van der Waals surface area (Å²) in [6.07, 6.45) is 6.08. The maximum atomic E-state index is 6.06. The summed E-state index contributed by atoms with van der Waals surface area (Å²) < 4.78 is 0. The number of guanidine groups is 1. The molecule has 0 spiro atoms. The van der Waals surface area contributed by atoms with Gasteiger partial charge in [-0.15, -0.1) is 24.0 Å². The molecular formula is C18H31IN4. The third-order valence-electron chi connectivity index (χ3n) is 4.34. The van der Waals surface area contributed by atoms with Gasteiger partial charge in [-0.25, -0.2) is 0 Å². The second-order valence-electron chi connectivity index (χ2n) is 5.98. The van der Waals surface area contributed by atoms with Crippen LogP contribution in [0.5, 0.6) is 0 Å². The SMILES string of the molecule is CCCN(CC)CCN=C(N)Nc1cccc2c1CCCC2.I. The van der Waals surface area contributed by atoms with Crippen LogP contribution in [-0.2, 0) is 12.8 Å². The van der Waals surface area contributed by atoms with Crippen LogP contribution >= 0.6 is 24.0 Å². The molecule has 0 unspecified atom stereocenters. The highest BCUT2D eigenvalue weighted by Gasteiger charge is 2.13. The molecule has 5 heteroatoms. The van der Waals surface area contributed by atoms with Gasteiger partial charge in [0.15, 0.2) is 5.96 Å². The van der Waals surface area contributed by atoms with Gasteiger partial charge in [-0.05, 0) is 62.4 Å². The number of hydrogen-bond donors (Lipinski definition) is 2. The maximum absolute atomic E-state index is 6.06. The van der Waals surface area contributed by atoms with E-state index in [0.29, 0.717) is 5.96 Å². The zero-order valence-corrected chi connectivity index (χ0v) is 16.8. The Hall–Kier alpha value is -0.820. The number of hydrogen-bond acceptors (Lipinski definition) is 2. The van der Waals surface area contributed by atoms with Crippen LogP contribution in [0.3, 0.4) is 0 Å². The predicted octanol–water partition coefficient (Wildman–Crippen LogP) is 3.64. The Balaban J connectivity index is 0.00000264. The van der Waals surface area contributed by atoms with Crippen LogP contribution in [0, 0.1) is 0 Å². The number of rotatable bonds is 7. The third-order valence-corrected chi connectivity index (χ3v) is 4.34. The highest BCUT2D eigenvalue weighted by Crippen LogP contribution is 2.27. The van der Waals surface area contributed by atoms with Crippen LogP contribution < -0.4 is 11.1 Å². The quantitative estimate of drug-likeness (QED) is 0.395. The van der Waals surface area contributed by atoms with E-state index in [4.69, 9.17) is 5.73 Å². The minimum Gasteiger partial charge on any atom is -0.370 e. The van der Waals surface area contributed by atoms with E-state index in [1.165, 1.54) is 36.8 Å². The average Bonchev–Trinajstić information content (AvgIpc) is 2.54. The standard InChI is InChI=1S/C18H30N4.HI/c1-3-13-22(4-2)14-12-20-18(19)21-17-11-7-9-15-8-5-6-10-16(15)17;/h7,9,11H,3-6,8,10,12-14H2,1-2H3,(H3,19,20,21);1H. The van der Waals surface area contributed by atoms with Gasteiger partial charge in [0.1, 0.15) is 0 Å². The molecule has 1 aromatic rings. The molecule has 3 N–H and O–H groups in total. The lowest BCUT2D eigenvalue weighted by atomic mass is 9.90. The van der Waals surface area contributed by atoms with Crippen LogP contribution in [-0.4, -0.2) is 37.0 Å². The summed E-state index contributed by atoms with van der Waals surface area (Å²) in [5.41, 5.74) is 10.1. The Morgan fingerprint density at radius 1 is 1.22 bits per heavy atom. The van der Waals surface area contributed by atoms with Gasteiger partial charge in [0.25, 0.3) is 0 Å². The number of nitrogens with one attached hydrogen (secondary N) is 1. The molecule has 1 aliphatic rings. The number of nitrogens with zero attached hydrogens (tertiary/aromatic N) is 2. The Morgan fingerprint density at radius 3 is 2.74 bits per heavy atom. The van der Waals surface area contributed by atoms with E-state index in [-0.39, 0.29) is 24.0 Å². The fourth-order valence-corrected chi connectivity index (χ4v) is 3.13. The number of aliphatic imine (C=N–C) groups is 1. The van der Waals surface area contributed by atoms with Crippen molar-refractivity contribution < 1.29 is 0 Å². The molecule has 23 heavy (non-hydrogen) atoms. The first-order chi connectivity index (χ1) is 10.7. The van der Waals surface area contributed by atoms with Gasteiger partial charge in [0.05, 0.1) is 6.54 Å². The molecule has 0 bridgehead atoms. The molecule has 0 aromatic heterocycles. The first-order valence-electron chi connectivity index (χ1n) is 8.64. The van der Waals surface area contributed by atoms with Crippen LogP contribution in [0.1, 0.15) is 44.2 Å². The van der Waals surface area contributed by atoms with E-state index in [1.807, 2.05) is 0 Å². The number of halogens is 1. The lowest BCUT2D eigenvalue weighted by Crippen LogP contribution is -2.29. The van der Waals surface area contributed by atoms with Crippen LogP contribution in [0.4, 0.5) is 5.69 Å². The summed E-state index contributed by atoms with van der Waals surface area (Å²) in [6, 6.07) is 6.46. The van der Waals surface area contributed by atoms with Crippen molar-refractivity contribution in [1.29, 1.82) is 0 Å². The molecule has 0 aliphatic heterocycles. The number of fused-ring (bicyclic) bond motifs is 1. The maximum Gasteiger partial charge on any atom is 0.193 e. The summed E-state index contributed by atoms with van der Waals surface area (Å²) in [6.45, 7) is 8.33. The Kier molecular flexibility index (Phi) is 9.55. The topological polar surface area (TPSA) is 53.6 Å². The van der Waals surface area contributed by atoms with Crippen LogP contribution in [0.2, 0.25) is 0 Å². The Bertz CT molecular complexity index is 502. The van der Waals surface area contributed by atoms with Crippen molar-refractivity contribution in [3.63, 3.8) is 0 Å². The van der Waals surface area contributed by atoms with Crippen molar-refractivity contribution in [1.82, 2.24) is 4.90 Å². The van der Waals surface area contributed by atoms with Gasteiger partial charge >= 0.3 is 0 Å². The molecule has 0 radical (unpaired) electrons. The number of likely N-dealkylation sites (N-methyl/N-ethyl adjacent to an activating group) is 1. The minimum atomic E-state index is 0. The second-order valence-corrected chi connectivity index (χ2v) is 5.98. The van der Waals surface area contributed by atoms with E-state index in [1.54, 1.807) is 0 Å². The van der Waals surface area contributed by atoms with Gasteiger partial charge in [-0.1, -0.05) is 26.0 Å². The van der Waals surface area contributed by atoms with Crippen LogP contribution in [0.25, 0.3) is 0 Å². The highest BCUT2D eigenvalue weighted by molar-refractivity contribution is 14.0. The average molecular weight is 430 g/mol. The summed E-state index contributed by atoms with van der Waals surface area (Å²) in [7, 11) is 0. The van der Waals surface area contributed by atoms with Crippen LogP contribution in [0.15, 0.2) is 23.2 Å². The number of anilines is 1. The van der Waals surface area contributed by atoms with Gasteiger partial charge in [-0.2, -0.15) is 0 Å². The summed E-state index contributed by atoms with van der Waals surface area (Å²) in [4.78, 5) is 6.88. The molecular weight excluding hydrogens is 399 g/mol. The number of aryl methyl sites for hydroxylation is 1.